The fraction of sp³-hybridized carbons (Fsp3) is 0.400. The Labute approximate surface area is 82.2 Å². The average molecular weight is 199 g/mol. The lowest BCUT2D eigenvalue weighted by molar-refractivity contribution is 0.0941. The highest BCUT2D eigenvalue weighted by molar-refractivity contribution is 5.16. The van der Waals surface area contributed by atoms with Gasteiger partial charge in [0, 0.05) is 18.7 Å². The molecule has 0 bridgehead atoms. The van der Waals surface area contributed by atoms with Crippen molar-refractivity contribution >= 4 is 0 Å². The topological polar surface area (TPSA) is 52.5 Å². The van der Waals surface area contributed by atoms with Crippen molar-refractivity contribution in [2.75, 3.05) is 13.2 Å². The first kappa shape index (κ1) is 11.1. The molecule has 1 aromatic rings. The quantitative estimate of drug-likeness (QED) is 0.638. The minimum atomic E-state index is -0.790. The van der Waals surface area contributed by atoms with Crippen LogP contribution in [-0.4, -0.2) is 29.5 Å². The Kier molecular flexibility index (Phi) is 4.52. The van der Waals surface area contributed by atoms with Gasteiger partial charge in [-0.2, -0.15) is 0 Å². The largest absolute Gasteiger partial charge is 0.394 e. The van der Waals surface area contributed by atoms with Gasteiger partial charge in [0.1, 0.15) is 5.82 Å². The van der Waals surface area contributed by atoms with Gasteiger partial charge in [-0.3, -0.25) is 0 Å². The van der Waals surface area contributed by atoms with Crippen molar-refractivity contribution in [3.8, 4) is 0 Å². The van der Waals surface area contributed by atoms with E-state index >= 15 is 0 Å². The Bertz CT molecular complexity index is 281. The summed E-state index contributed by atoms with van der Waals surface area (Å²) in [5, 5.41) is 20.4. The lowest BCUT2D eigenvalue weighted by Crippen LogP contribution is -2.29. The van der Waals surface area contributed by atoms with Crippen LogP contribution in [0.1, 0.15) is 5.56 Å². The van der Waals surface area contributed by atoms with Crippen molar-refractivity contribution in [2.24, 2.45) is 0 Å². The van der Waals surface area contributed by atoms with E-state index in [1.165, 1.54) is 6.07 Å². The summed E-state index contributed by atoms with van der Waals surface area (Å²) in [6.07, 6.45) is -0.790. The van der Waals surface area contributed by atoms with Crippen molar-refractivity contribution in [2.45, 2.75) is 12.6 Å². The molecule has 0 aliphatic carbocycles. The van der Waals surface area contributed by atoms with Crippen LogP contribution in [0.3, 0.4) is 0 Å². The van der Waals surface area contributed by atoms with Crippen molar-refractivity contribution in [3.05, 3.63) is 35.6 Å². The number of aliphatic hydroxyl groups excluding tert-OH is 2. The molecule has 0 fully saturated rings. The first-order valence-electron chi connectivity index (χ1n) is 4.47. The molecule has 0 heterocycles. The summed E-state index contributed by atoms with van der Waals surface area (Å²) in [7, 11) is 0. The van der Waals surface area contributed by atoms with E-state index in [4.69, 9.17) is 10.2 Å². The number of nitrogens with one attached hydrogen (secondary N) is 1. The summed E-state index contributed by atoms with van der Waals surface area (Å²) in [4.78, 5) is 0. The van der Waals surface area contributed by atoms with E-state index in [1.807, 2.05) is 0 Å². The third kappa shape index (κ3) is 3.41. The van der Waals surface area contributed by atoms with Crippen LogP contribution in [0.2, 0.25) is 0 Å². The second-order valence-corrected chi connectivity index (χ2v) is 3.06. The highest BCUT2D eigenvalue weighted by Gasteiger charge is 2.02. The van der Waals surface area contributed by atoms with Crippen molar-refractivity contribution in [1.82, 2.24) is 5.32 Å². The highest BCUT2D eigenvalue weighted by Crippen LogP contribution is 2.05. The van der Waals surface area contributed by atoms with Crippen molar-refractivity contribution in [3.63, 3.8) is 0 Å². The van der Waals surface area contributed by atoms with Crippen molar-refractivity contribution < 1.29 is 14.6 Å². The predicted octanol–water partition coefficient (Wildman–Crippen LogP) is 0.268. The van der Waals surface area contributed by atoms with Gasteiger partial charge in [-0.15, -0.1) is 0 Å². The van der Waals surface area contributed by atoms with E-state index in [1.54, 1.807) is 18.2 Å². The van der Waals surface area contributed by atoms with Crippen LogP contribution in [0.5, 0.6) is 0 Å². The van der Waals surface area contributed by atoms with Crippen LogP contribution in [-0.2, 0) is 6.54 Å². The molecular formula is C10H14FNO2. The average Bonchev–Trinajstić information content (AvgIpc) is 2.20. The molecule has 1 aromatic carbocycles. The summed E-state index contributed by atoms with van der Waals surface area (Å²) in [6.45, 7) is 0.318. The van der Waals surface area contributed by atoms with Gasteiger partial charge < -0.3 is 15.5 Å². The fourth-order valence-corrected chi connectivity index (χ4v) is 1.08. The molecule has 78 valence electrons. The maximum atomic E-state index is 13.0. The number of hydrogen-bond acceptors (Lipinski definition) is 3. The summed E-state index contributed by atoms with van der Waals surface area (Å²) in [5.41, 5.74) is 0.553. The molecule has 0 aliphatic heterocycles. The Morgan fingerprint density at radius 2 is 2.07 bits per heavy atom. The van der Waals surface area contributed by atoms with Crippen LogP contribution >= 0.6 is 0 Å². The Morgan fingerprint density at radius 3 is 2.71 bits per heavy atom. The molecule has 1 atom stereocenters. The zero-order valence-corrected chi connectivity index (χ0v) is 7.78. The molecule has 0 unspecified atom stereocenters. The minimum absolute atomic E-state index is 0.255. The first-order valence-corrected chi connectivity index (χ1v) is 4.47. The molecule has 3 N–H and O–H groups in total. The Hall–Kier alpha value is -0.970. The van der Waals surface area contributed by atoms with Gasteiger partial charge in [0.05, 0.1) is 12.7 Å². The second kappa shape index (κ2) is 5.70. The van der Waals surface area contributed by atoms with Crippen molar-refractivity contribution in [1.29, 1.82) is 0 Å². The summed E-state index contributed by atoms with van der Waals surface area (Å²) in [6, 6.07) is 6.44. The number of hydrogen-bond donors (Lipinski definition) is 3. The third-order valence-electron chi connectivity index (χ3n) is 1.86. The minimum Gasteiger partial charge on any atom is -0.394 e. The molecule has 1 rings (SSSR count). The third-order valence-corrected chi connectivity index (χ3v) is 1.86. The zero-order valence-electron chi connectivity index (χ0n) is 7.78. The Balaban J connectivity index is 2.35. The molecule has 0 saturated heterocycles. The SMILES string of the molecule is OC[C@@H](O)CNCc1ccccc1F. The molecule has 0 saturated carbocycles. The summed E-state index contributed by atoms with van der Waals surface area (Å²) >= 11 is 0. The van der Waals surface area contributed by atoms with E-state index < -0.39 is 6.10 Å². The zero-order chi connectivity index (χ0) is 10.4. The molecular weight excluding hydrogens is 185 g/mol. The molecule has 0 aliphatic rings. The van der Waals surface area contributed by atoms with Gasteiger partial charge in [-0.1, -0.05) is 18.2 Å². The molecule has 0 radical (unpaired) electrons. The van der Waals surface area contributed by atoms with Gasteiger partial charge in [-0.25, -0.2) is 4.39 Å². The maximum absolute atomic E-state index is 13.0. The van der Waals surface area contributed by atoms with E-state index in [0.29, 0.717) is 12.1 Å². The normalized spacial score (nSPS) is 12.8. The molecule has 14 heavy (non-hydrogen) atoms. The molecule has 3 nitrogen and oxygen atoms in total. The predicted molar refractivity (Wildman–Crippen MR) is 51.2 cm³/mol. The maximum Gasteiger partial charge on any atom is 0.127 e. The van der Waals surface area contributed by atoms with Crippen LogP contribution in [0, 0.1) is 5.82 Å². The molecule has 0 amide bonds. The molecule has 0 aromatic heterocycles. The molecule has 0 spiro atoms. The standard InChI is InChI=1S/C10H14FNO2/c11-10-4-2-1-3-8(10)5-12-6-9(14)7-13/h1-4,9,12-14H,5-7H2/t9-/m0/s1. The van der Waals surface area contributed by atoms with E-state index in [-0.39, 0.29) is 19.0 Å². The van der Waals surface area contributed by atoms with Crippen LogP contribution < -0.4 is 5.32 Å². The lowest BCUT2D eigenvalue weighted by atomic mass is 10.2. The van der Waals surface area contributed by atoms with Gasteiger partial charge in [-0.05, 0) is 6.07 Å². The van der Waals surface area contributed by atoms with Gasteiger partial charge in [0.15, 0.2) is 0 Å². The Morgan fingerprint density at radius 1 is 1.36 bits per heavy atom. The van der Waals surface area contributed by atoms with E-state index in [2.05, 4.69) is 5.32 Å². The van der Waals surface area contributed by atoms with Gasteiger partial charge in [0.25, 0.3) is 0 Å². The van der Waals surface area contributed by atoms with Gasteiger partial charge in [0.2, 0.25) is 0 Å². The lowest BCUT2D eigenvalue weighted by Gasteiger charge is -2.09. The summed E-state index contributed by atoms with van der Waals surface area (Å²) in [5.74, 6) is -0.265. The highest BCUT2D eigenvalue weighted by atomic mass is 19.1. The second-order valence-electron chi connectivity index (χ2n) is 3.06. The first-order chi connectivity index (χ1) is 6.74. The van der Waals surface area contributed by atoms with Crippen LogP contribution in [0.4, 0.5) is 4.39 Å². The number of benzene rings is 1. The molecule has 4 heteroatoms. The monoisotopic (exact) mass is 199 g/mol. The van der Waals surface area contributed by atoms with E-state index in [0.717, 1.165) is 0 Å². The van der Waals surface area contributed by atoms with E-state index in [9.17, 15) is 4.39 Å². The number of aliphatic hydroxyl groups is 2. The van der Waals surface area contributed by atoms with Crippen LogP contribution in [0.15, 0.2) is 24.3 Å². The number of halogens is 1. The summed E-state index contributed by atoms with van der Waals surface area (Å²) < 4.78 is 13.0. The van der Waals surface area contributed by atoms with Gasteiger partial charge >= 0.3 is 0 Å². The van der Waals surface area contributed by atoms with Crippen LogP contribution in [0.25, 0.3) is 0 Å². The smallest absolute Gasteiger partial charge is 0.127 e. The number of rotatable bonds is 5. The fourth-order valence-electron chi connectivity index (χ4n) is 1.08.